The van der Waals surface area contributed by atoms with Gasteiger partial charge < -0.3 is 85.1 Å². The standard InChI is InChI=1S/C81H108ClN19O17S2/c1-49(2)37-62(71(104)91-61(15-9-31-89-80(84)85)79(112)101-32-10-16-69(101)78(111)90-50(3)70(83)103)92-72(105)64(40-52-17-21-55(22-18-52)44-99-33-35-118-36-34-99)94-74(107)66(41-53-19-23-56(24-20-53)45-100(47-119(87,114)115)48-120(88,116)117)96-77(110)68(46-102)97-75(108)63(39-51-11-5-4-6-12-51)93-73(106)65(42-54-26-29-60(82)30-27-54)95-76(109)67(98-81(86)113)43-57-25-28-58-13-7-8-14-59(58)38-57/h4-8,11-14,17-30,38,49-50,61-69,102H,9-10,15-16,31-37,39-48H2,1-3H3,(H2,83,103)(H,90,111)(H,91,104)(H,92,105)(H,93,106)(H,94,107)(H,95,109)(H,96,110)(H,97,108)(H4,84,85,89)(H3,86,98,113)(H2,87,114,115)(H2,88,116,117)/t50-,61+,62+,63-,64-,65-,66+,67-,68+,69+/m1/s1. The lowest BCUT2D eigenvalue weighted by Crippen LogP contribution is -2.62. The third-order valence-electron chi connectivity index (χ3n) is 20.0. The van der Waals surface area contributed by atoms with Crippen LogP contribution in [-0.4, -0.2) is 226 Å². The summed E-state index contributed by atoms with van der Waals surface area (Å²) in [6.07, 6.45) is -0.602. The van der Waals surface area contributed by atoms with Crippen LogP contribution in [0.5, 0.6) is 0 Å². The fraction of sp³-hybridized carbons (Fsp3) is 0.432. The first-order valence-electron chi connectivity index (χ1n) is 39.2. The average molecular weight is 1720 g/mol. The molecule has 2 aliphatic heterocycles. The molecule has 120 heavy (non-hydrogen) atoms. The number of guanidine groups is 1. The van der Waals surface area contributed by atoms with E-state index in [1.165, 1.54) is 36.1 Å². The molecule has 648 valence electrons. The Morgan fingerprint density at radius 2 is 0.942 bits per heavy atom. The second-order valence-corrected chi connectivity index (χ2v) is 34.0. The number of nitrogens with zero attached hydrogens (tertiary/aromatic N) is 3. The van der Waals surface area contributed by atoms with Crippen LogP contribution >= 0.6 is 11.6 Å². The number of aliphatic hydroxyl groups is 1. The molecule has 0 unspecified atom stereocenters. The molecule has 39 heteroatoms. The van der Waals surface area contributed by atoms with Crippen molar-refractivity contribution in [1.29, 1.82) is 5.41 Å². The van der Waals surface area contributed by atoms with E-state index in [4.69, 9.17) is 49.2 Å². The van der Waals surface area contributed by atoms with Gasteiger partial charge in [0.25, 0.3) is 0 Å². The number of fused-ring (bicyclic) bond motifs is 1. The maximum absolute atomic E-state index is 15.6. The average Bonchev–Trinajstić information content (AvgIpc) is 1.46. The number of primary sulfonamides is 2. The fourth-order valence-electron chi connectivity index (χ4n) is 13.9. The van der Waals surface area contributed by atoms with Crippen molar-refractivity contribution in [3.8, 4) is 0 Å². The number of morpholine rings is 1. The molecule has 6 aromatic rings. The van der Waals surface area contributed by atoms with E-state index in [0.29, 0.717) is 72.1 Å². The summed E-state index contributed by atoms with van der Waals surface area (Å²) in [5, 5.41) is 58.3. The zero-order chi connectivity index (χ0) is 87.4. The van der Waals surface area contributed by atoms with E-state index < -0.39 is 170 Å². The summed E-state index contributed by atoms with van der Waals surface area (Å²) >= 11 is 6.27. The van der Waals surface area contributed by atoms with Gasteiger partial charge in [0, 0.05) is 76.4 Å². The number of carbonyl (C=O) groups is 11. The molecule has 0 saturated carbocycles. The maximum Gasteiger partial charge on any atom is 0.312 e. The van der Waals surface area contributed by atoms with Crippen molar-refractivity contribution in [2.24, 2.45) is 33.4 Å². The molecule has 0 spiro atoms. The summed E-state index contributed by atoms with van der Waals surface area (Å²) < 4.78 is 54.6. The highest BCUT2D eigenvalue weighted by Gasteiger charge is 2.41. The molecular formula is C81H108ClN19O17S2. The van der Waals surface area contributed by atoms with Gasteiger partial charge in [-0.15, -0.1) is 0 Å². The number of benzene rings is 6. The molecule has 10 atom stereocenters. The van der Waals surface area contributed by atoms with Crippen LogP contribution < -0.4 is 80.6 Å². The minimum atomic E-state index is -4.30. The minimum Gasteiger partial charge on any atom is -0.394 e. The highest BCUT2D eigenvalue weighted by molar-refractivity contribution is 7.89. The van der Waals surface area contributed by atoms with Crippen molar-refractivity contribution in [3.63, 3.8) is 0 Å². The number of hydrogen-bond acceptors (Lipinski definition) is 20. The van der Waals surface area contributed by atoms with Gasteiger partial charge in [-0.1, -0.05) is 159 Å². The highest BCUT2D eigenvalue weighted by Crippen LogP contribution is 2.23. The molecule has 22 N–H and O–H groups in total. The van der Waals surface area contributed by atoms with Crippen molar-refractivity contribution >= 4 is 113 Å². The van der Waals surface area contributed by atoms with Crippen molar-refractivity contribution in [3.05, 3.63) is 190 Å². The molecule has 12 amide bonds. The summed E-state index contributed by atoms with van der Waals surface area (Å²) in [5.41, 5.74) is 20.3. The first-order chi connectivity index (χ1) is 56.9. The molecule has 2 heterocycles. The number of carbonyl (C=O) groups excluding carboxylic acids is 11. The molecule has 6 aromatic carbocycles. The lowest BCUT2D eigenvalue weighted by molar-refractivity contribution is -0.142. The van der Waals surface area contributed by atoms with Crippen molar-refractivity contribution < 1.29 is 79.4 Å². The molecule has 36 nitrogen and oxygen atoms in total. The number of rotatable bonds is 44. The zero-order valence-electron chi connectivity index (χ0n) is 67.0. The molecule has 0 radical (unpaired) electrons. The quantitative estimate of drug-likeness (QED) is 0.0122. The van der Waals surface area contributed by atoms with Gasteiger partial charge in [0.1, 0.15) is 72.2 Å². The summed E-state index contributed by atoms with van der Waals surface area (Å²) in [5.74, 6) is -11.5. The Kier molecular flexibility index (Phi) is 35.5. The molecule has 2 fully saturated rings. The Labute approximate surface area is 701 Å². The number of sulfonamides is 2. The number of likely N-dealkylation sites (tertiary alicyclic amines) is 1. The van der Waals surface area contributed by atoms with Crippen LogP contribution in [0.2, 0.25) is 5.02 Å². The lowest BCUT2D eigenvalue weighted by Gasteiger charge is -2.31. The van der Waals surface area contributed by atoms with Crippen LogP contribution in [-0.2, 0) is 118 Å². The predicted molar refractivity (Wildman–Crippen MR) is 448 cm³/mol. The highest BCUT2D eigenvalue weighted by atomic mass is 35.5. The van der Waals surface area contributed by atoms with E-state index in [1.54, 1.807) is 86.6 Å². The van der Waals surface area contributed by atoms with E-state index in [2.05, 4.69) is 58.1 Å². The number of amides is 12. The second-order valence-electron chi connectivity index (χ2n) is 30.4. The largest absolute Gasteiger partial charge is 0.394 e. The number of halogens is 1. The number of hydrogen-bond donors (Lipinski definition) is 17. The van der Waals surface area contributed by atoms with E-state index >= 15 is 24.0 Å². The number of aliphatic hydroxyl groups excluding tert-OH is 1. The van der Waals surface area contributed by atoms with Crippen LogP contribution in [0.4, 0.5) is 4.79 Å². The molecule has 8 rings (SSSR count). The molecule has 0 aromatic heterocycles. The third kappa shape index (κ3) is 31.2. The number of primary amides is 2. The van der Waals surface area contributed by atoms with Gasteiger partial charge in [-0.3, -0.25) is 63.2 Å². The van der Waals surface area contributed by atoms with Crippen LogP contribution in [0.25, 0.3) is 10.8 Å². The maximum atomic E-state index is 15.6. The van der Waals surface area contributed by atoms with Crippen LogP contribution in [0, 0.1) is 11.3 Å². The molecular weight excluding hydrogens is 1610 g/mol. The van der Waals surface area contributed by atoms with Gasteiger partial charge in [0.2, 0.25) is 79.1 Å². The van der Waals surface area contributed by atoms with Crippen molar-refractivity contribution in [2.45, 2.75) is 158 Å². The Morgan fingerprint density at radius 1 is 0.517 bits per heavy atom. The molecule has 0 bridgehead atoms. The monoisotopic (exact) mass is 1720 g/mol. The third-order valence-corrected chi connectivity index (χ3v) is 21.7. The zero-order valence-corrected chi connectivity index (χ0v) is 69.3. The first-order valence-corrected chi connectivity index (χ1v) is 43.0. The fourth-order valence-corrected chi connectivity index (χ4v) is 15.6. The van der Waals surface area contributed by atoms with Gasteiger partial charge in [-0.2, -0.15) is 0 Å². The number of nitrogens with two attached hydrogens (primary N) is 5. The second kappa shape index (κ2) is 45.3. The molecule has 2 saturated heterocycles. The number of nitrogens with one attached hydrogen (secondary N) is 11. The molecule has 0 aliphatic carbocycles. The van der Waals surface area contributed by atoms with E-state index in [-0.39, 0.29) is 88.4 Å². The van der Waals surface area contributed by atoms with Gasteiger partial charge in [-0.05, 0) is 107 Å². The minimum absolute atomic E-state index is 0.0495. The van der Waals surface area contributed by atoms with Crippen molar-refractivity contribution in [1.82, 2.24) is 67.9 Å². The van der Waals surface area contributed by atoms with Crippen LogP contribution in [0.1, 0.15) is 91.8 Å². The van der Waals surface area contributed by atoms with Crippen LogP contribution in [0.3, 0.4) is 0 Å². The Morgan fingerprint density at radius 3 is 1.43 bits per heavy atom. The normalized spacial score (nSPS) is 16.0. The van der Waals surface area contributed by atoms with E-state index in [0.717, 1.165) is 21.2 Å². The first kappa shape index (κ1) is 94.3. The van der Waals surface area contributed by atoms with Gasteiger partial charge >= 0.3 is 6.03 Å². The van der Waals surface area contributed by atoms with Gasteiger partial charge in [0.15, 0.2) is 5.96 Å². The van der Waals surface area contributed by atoms with E-state index in [9.17, 15) is 50.7 Å². The van der Waals surface area contributed by atoms with Crippen LogP contribution in [0.15, 0.2) is 146 Å². The van der Waals surface area contributed by atoms with Gasteiger partial charge in [0.05, 0.1) is 19.8 Å². The Hall–Kier alpha value is -11.2. The van der Waals surface area contributed by atoms with Crippen molar-refractivity contribution in [2.75, 3.05) is 57.8 Å². The summed E-state index contributed by atoms with van der Waals surface area (Å²) in [6, 6.07) is 25.0. The lowest BCUT2D eigenvalue weighted by atomic mass is 9.99. The SMILES string of the molecule is CC(C)C[C@H](NC(=O)[C@@H](Cc1ccc(CN2CCOCC2)cc1)NC(=O)[C@H](Cc1ccc(CN(CS(N)(=O)=O)CS(N)(=O)=O)cc1)NC(=O)[C@H](CO)NC(=O)[C@@H](Cc1ccccc1)NC(=O)[C@@H](Cc1ccc(Cl)cc1)NC(=O)[C@@H](Cc1ccc2ccccc2c1)NC(N)=O)C(=O)N[C@@H](CCCNC(=N)N)C(=O)N1CCC[C@H]1C(=O)N[C@H](C)C(N)=O. The van der Waals surface area contributed by atoms with E-state index in [1.807, 2.05) is 48.5 Å². The Bertz CT molecular complexity index is 4770. The predicted octanol–water partition coefficient (Wildman–Crippen LogP) is -1.15. The topological polar surface area (TPSA) is 569 Å². The summed E-state index contributed by atoms with van der Waals surface area (Å²) in [6.45, 7) is 6.62. The Balaban J connectivity index is 1.12. The molecule has 2 aliphatic rings. The summed E-state index contributed by atoms with van der Waals surface area (Å²) in [7, 11) is -8.60. The number of ether oxygens (including phenoxy) is 1. The summed E-state index contributed by atoms with van der Waals surface area (Å²) in [4.78, 5) is 163. The smallest absolute Gasteiger partial charge is 0.312 e. The number of urea groups is 1. The van der Waals surface area contributed by atoms with Gasteiger partial charge in [-0.25, -0.2) is 31.9 Å².